The smallest absolute Gasteiger partial charge is 0.407 e. The minimum atomic E-state index is -0.442. The largest absolute Gasteiger partial charge is 0.444 e. The molecule has 4 heteroatoms. The molecule has 0 aliphatic heterocycles. The van der Waals surface area contributed by atoms with E-state index in [0.29, 0.717) is 12.1 Å². The number of ether oxygens (including phenoxy) is 1. The van der Waals surface area contributed by atoms with Gasteiger partial charge in [-0.1, -0.05) is 30.7 Å². The number of fused-ring (bicyclic) bond motifs is 1. The lowest BCUT2D eigenvalue weighted by molar-refractivity contribution is 0.0522. The lowest BCUT2D eigenvalue weighted by Crippen LogP contribution is -2.37. The van der Waals surface area contributed by atoms with Gasteiger partial charge >= 0.3 is 6.09 Å². The minimum absolute atomic E-state index is 0.195. The summed E-state index contributed by atoms with van der Waals surface area (Å²) in [5.41, 5.74) is 2.47. The van der Waals surface area contributed by atoms with E-state index in [1.165, 1.54) is 36.8 Å². The fourth-order valence-electron chi connectivity index (χ4n) is 3.35. The molecule has 4 nitrogen and oxygen atoms in total. The van der Waals surface area contributed by atoms with Crippen LogP contribution >= 0.6 is 0 Å². The maximum absolute atomic E-state index is 11.8. The van der Waals surface area contributed by atoms with Crippen LogP contribution in [0.3, 0.4) is 0 Å². The van der Waals surface area contributed by atoms with Crippen LogP contribution in [-0.2, 0) is 11.2 Å². The molecule has 2 N–H and O–H groups in total. The highest BCUT2D eigenvalue weighted by molar-refractivity contribution is 5.68. The van der Waals surface area contributed by atoms with Gasteiger partial charge in [-0.3, -0.25) is 0 Å². The van der Waals surface area contributed by atoms with E-state index in [0.717, 1.165) is 6.42 Å². The lowest BCUT2D eigenvalue weighted by atomic mass is 9.99. The zero-order chi connectivity index (χ0) is 16.4. The fraction of sp³-hybridized carbons (Fsp3) is 0.632. The van der Waals surface area contributed by atoms with Crippen LogP contribution in [-0.4, -0.2) is 23.8 Å². The van der Waals surface area contributed by atoms with Crippen molar-refractivity contribution in [2.45, 2.75) is 76.6 Å². The topological polar surface area (TPSA) is 50.4 Å². The quantitative estimate of drug-likeness (QED) is 0.836. The summed E-state index contributed by atoms with van der Waals surface area (Å²) in [5, 5.41) is 6.70. The van der Waals surface area contributed by atoms with E-state index in [-0.39, 0.29) is 12.1 Å². The molecule has 0 spiro atoms. The van der Waals surface area contributed by atoms with Crippen molar-refractivity contribution in [3.05, 3.63) is 35.4 Å². The van der Waals surface area contributed by atoms with E-state index in [9.17, 15) is 4.79 Å². The van der Waals surface area contributed by atoms with Crippen molar-refractivity contribution in [2.24, 2.45) is 0 Å². The van der Waals surface area contributed by atoms with Gasteiger partial charge < -0.3 is 15.4 Å². The summed E-state index contributed by atoms with van der Waals surface area (Å²) < 4.78 is 5.33. The first kappa shape index (κ1) is 16.3. The molecule has 0 radical (unpaired) electrons. The van der Waals surface area contributed by atoms with E-state index in [2.05, 4.69) is 34.9 Å². The molecule has 1 amide bonds. The van der Waals surface area contributed by atoms with Crippen LogP contribution in [0, 0.1) is 0 Å². The molecular weight excluding hydrogens is 288 g/mol. The highest BCUT2D eigenvalue weighted by Gasteiger charge is 2.40. The van der Waals surface area contributed by atoms with Crippen molar-refractivity contribution >= 4 is 6.09 Å². The second kappa shape index (κ2) is 6.52. The fourth-order valence-corrected chi connectivity index (χ4v) is 3.35. The normalized spacial score (nSPS) is 26.8. The van der Waals surface area contributed by atoms with Gasteiger partial charge in [0.1, 0.15) is 5.60 Å². The summed E-state index contributed by atoms with van der Waals surface area (Å²) in [4.78, 5) is 11.8. The zero-order valence-corrected chi connectivity index (χ0v) is 14.4. The van der Waals surface area contributed by atoms with Crippen molar-refractivity contribution in [3.63, 3.8) is 0 Å². The number of nitrogens with one attached hydrogen (secondary N) is 2. The summed E-state index contributed by atoms with van der Waals surface area (Å²) >= 11 is 0. The Balaban J connectivity index is 1.54. The number of carbonyl (C=O) groups is 1. The number of alkyl carbamates (subject to hydrolysis) is 1. The summed E-state index contributed by atoms with van der Waals surface area (Å²) in [6, 6.07) is 9.71. The molecule has 23 heavy (non-hydrogen) atoms. The SMILES string of the molecule is CC(C)(C)OC(=O)NC1CC1NC1CCCCc2ccccc21. The first-order chi connectivity index (χ1) is 10.9. The maximum Gasteiger partial charge on any atom is 0.407 e. The molecule has 3 atom stereocenters. The third kappa shape index (κ3) is 4.47. The van der Waals surface area contributed by atoms with Crippen LogP contribution in [0.2, 0.25) is 0 Å². The Bertz CT molecular complexity index is 565. The Hall–Kier alpha value is -1.55. The zero-order valence-electron chi connectivity index (χ0n) is 14.4. The molecule has 0 aromatic heterocycles. The Morgan fingerprint density at radius 2 is 1.96 bits per heavy atom. The molecule has 0 heterocycles. The Morgan fingerprint density at radius 1 is 1.17 bits per heavy atom. The molecule has 1 aromatic rings. The van der Waals surface area contributed by atoms with Gasteiger partial charge in [-0.15, -0.1) is 0 Å². The average molecular weight is 316 g/mol. The van der Waals surface area contributed by atoms with E-state index in [1.807, 2.05) is 20.8 Å². The number of carbonyl (C=O) groups excluding carboxylic acids is 1. The molecule has 1 saturated carbocycles. The predicted octanol–water partition coefficient (Wildman–Crippen LogP) is 3.71. The number of rotatable bonds is 3. The molecule has 1 aromatic carbocycles. The van der Waals surface area contributed by atoms with Crippen molar-refractivity contribution in [1.82, 2.24) is 10.6 Å². The maximum atomic E-state index is 11.8. The van der Waals surface area contributed by atoms with Gasteiger partial charge in [0.05, 0.1) is 0 Å². The third-order valence-corrected chi connectivity index (χ3v) is 4.53. The van der Waals surface area contributed by atoms with E-state index in [1.54, 1.807) is 0 Å². The van der Waals surface area contributed by atoms with Gasteiger partial charge in [0.15, 0.2) is 0 Å². The van der Waals surface area contributed by atoms with Crippen LogP contribution in [0.15, 0.2) is 24.3 Å². The van der Waals surface area contributed by atoms with Crippen LogP contribution in [0.1, 0.15) is 63.6 Å². The second-order valence-corrected chi connectivity index (χ2v) is 7.76. The monoisotopic (exact) mass is 316 g/mol. The number of benzene rings is 1. The number of hydrogen-bond acceptors (Lipinski definition) is 3. The first-order valence-corrected chi connectivity index (χ1v) is 8.76. The van der Waals surface area contributed by atoms with Crippen molar-refractivity contribution in [2.75, 3.05) is 0 Å². The van der Waals surface area contributed by atoms with Gasteiger partial charge in [-0.05, 0) is 57.6 Å². The molecule has 0 bridgehead atoms. The molecule has 2 aliphatic rings. The summed E-state index contributed by atoms with van der Waals surface area (Å²) in [6.45, 7) is 5.66. The van der Waals surface area contributed by atoms with Crippen molar-refractivity contribution in [3.8, 4) is 0 Å². The van der Waals surface area contributed by atoms with E-state index in [4.69, 9.17) is 4.74 Å². The Kier molecular flexibility index (Phi) is 4.62. The van der Waals surface area contributed by atoms with Gasteiger partial charge in [-0.25, -0.2) is 4.79 Å². The number of aryl methyl sites for hydroxylation is 1. The predicted molar refractivity (Wildman–Crippen MR) is 91.4 cm³/mol. The minimum Gasteiger partial charge on any atom is -0.444 e. The highest BCUT2D eigenvalue weighted by atomic mass is 16.6. The third-order valence-electron chi connectivity index (χ3n) is 4.53. The molecule has 3 rings (SSSR count). The standard InChI is InChI=1S/C19H28N2O2/c1-19(2,3)23-18(22)21-17-12-16(17)20-15-11-7-5-9-13-8-4-6-10-14(13)15/h4,6,8,10,15-17,20H,5,7,9,11-12H2,1-3H3,(H,21,22). The van der Waals surface area contributed by atoms with Crippen molar-refractivity contribution < 1.29 is 9.53 Å². The average Bonchev–Trinajstić information content (AvgIpc) is 3.21. The molecular formula is C19H28N2O2. The summed E-state index contributed by atoms with van der Waals surface area (Å²) in [7, 11) is 0. The first-order valence-electron chi connectivity index (χ1n) is 8.76. The molecule has 3 unspecified atom stereocenters. The molecule has 0 saturated heterocycles. The summed E-state index contributed by atoms with van der Waals surface area (Å²) in [6.07, 6.45) is 5.54. The van der Waals surface area contributed by atoms with Crippen LogP contribution in [0.25, 0.3) is 0 Å². The Labute approximate surface area is 139 Å². The highest BCUT2D eigenvalue weighted by Crippen LogP contribution is 2.32. The second-order valence-electron chi connectivity index (χ2n) is 7.76. The van der Waals surface area contributed by atoms with Gasteiger partial charge in [0, 0.05) is 18.1 Å². The van der Waals surface area contributed by atoms with Crippen LogP contribution in [0.5, 0.6) is 0 Å². The number of amides is 1. The van der Waals surface area contributed by atoms with Crippen LogP contribution in [0.4, 0.5) is 4.79 Å². The number of hydrogen-bond donors (Lipinski definition) is 2. The van der Waals surface area contributed by atoms with Gasteiger partial charge in [-0.2, -0.15) is 0 Å². The molecule has 1 fully saturated rings. The van der Waals surface area contributed by atoms with E-state index < -0.39 is 5.60 Å². The van der Waals surface area contributed by atoms with E-state index >= 15 is 0 Å². The summed E-state index contributed by atoms with van der Waals surface area (Å²) in [5.74, 6) is 0. The van der Waals surface area contributed by atoms with Gasteiger partial charge in [0.2, 0.25) is 0 Å². The Morgan fingerprint density at radius 3 is 2.74 bits per heavy atom. The van der Waals surface area contributed by atoms with Crippen LogP contribution < -0.4 is 10.6 Å². The van der Waals surface area contributed by atoms with Gasteiger partial charge in [0.25, 0.3) is 0 Å². The molecule has 2 aliphatic carbocycles. The van der Waals surface area contributed by atoms with Crippen molar-refractivity contribution in [1.29, 1.82) is 0 Å². The lowest BCUT2D eigenvalue weighted by Gasteiger charge is -2.21. The molecule has 126 valence electrons.